The largest absolute Gasteiger partial charge is 0.204 e. The Labute approximate surface area is 81.9 Å². The molecular formula is C12H12F2. The van der Waals surface area contributed by atoms with Crippen molar-refractivity contribution in [1.82, 2.24) is 0 Å². The lowest BCUT2D eigenvalue weighted by Gasteiger charge is -2.00. The summed E-state index contributed by atoms with van der Waals surface area (Å²) in [6.07, 6.45) is 2.14. The molecule has 1 rings (SSSR count). The second kappa shape index (κ2) is 4.18. The lowest BCUT2D eigenvalue weighted by molar-refractivity contribution is 0.501. The normalized spacial score (nSPS) is 12.5. The van der Waals surface area contributed by atoms with Gasteiger partial charge in [0.15, 0.2) is 11.6 Å². The molecule has 0 bridgehead atoms. The van der Waals surface area contributed by atoms with Crippen LogP contribution in [-0.4, -0.2) is 0 Å². The lowest BCUT2D eigenvalue weighted by Crippen LogP contribution is -2.30. The van der Waals surface area contributed by atoms with Gasteiger partial charge in [0.25, 0.3) is 0 Å². The summed E-state index contributed by atoms with van der Waals surface area (Å²) in [5, 5.41) is 0.725. The smallest absolute Gasteiger partial charge is 0.166 e. The van der Waals surface area contributed by atoms with Gasteiger partial charge in [-0.2, -0.15) is 0 Å². The van der Waals surface area contributed by atoms with Gasteiger partial charge in [0.05, 0.1) is 0 Å². The third-order valence-corrected chi connectivity index (χ3v) is 2.13. The molecule has 1 aromatic carbocycles. The predicted octanol–water partition coefficient (Wildman–Crippen LogP) is 2.12. The van der Waals surface area contributed by atoms with E-state index in [2.05, 4.69) is 13.2 Å². The maximum absolute atomic E-state index is 13.4. The molecule has 0 fully saturated rings. The average molecular weight is 194 g/mol. The van der Waals surface area contributed by atoms with Crippen LogP contribution in [0.3, 0.4) is 0 Å². The van der Waals surface area contributed by atoms with Gasteiger partial charge in [0.2, 0.25) is 0 Å². The molecule has 0 aliphatic carbocycles. The Bertz CT molecular complexity index is 458. The Morgan fingerprint density at radius 2 is 2.07 bits per heavy atom. The molecule has 0 saturated carbocycles. The van der Waals surface area contributed by atoms with Crippen molar-refractivity contribution in [3.8, 4) is 0 Å². The minimum Gasteiger partial charge on any atom is -0.204 e. The molecule has 1 aromatic rings. The van der Waals surface area contributed by atoms with Crippen LogP contribution in [0.15, 0.2) is 24.8 Å². The average Bonchev–Trinajstić information content (AvgIpc) is 2.19. The van der Waals surface area contributed by atoms with Gasteiger partial charge in [-0.15, -0.1) is 0 Å². The van der Waals surface area contributed by atoms with Gasteiger partial charge in [0, 0.05) is 5.22 Å². The summed E-state index contributed by atoms with van der Waals surface area (Å²) in [6.45, 7) is 9.09. The highest BCUT2D eigenvalue weighted by Crippen LogP contribution is 2.02. The van der Waals surface area contributed by atoms with Gasteiger partial charge < -0.3 is 0 Å². The van der Waals surface area contributed by atoms with Crippen LogP contribution in [0, 0.1) is 11.6 Å². The monoisotopic (exact) mass is 194 g/mol. The van der Waals surface area contributed by atoms with E-state index in [0.29, 0.717) is 17.2 Å². The third-order valence-electron chi connectivity index (χ3n) is 2.13. The molecule has 74 valence electrons. The molecule has 0 amide bonds. The van der Waals surface area contributed by atoms with Crippen molar-refractivity contribution < 1.29 is 8.78 Å². The Morgan fingerprint density at radius 3 is 2.57 bits per heavy atom. The molecule has 0 atom stereocenters. The van der Waals surface area contributed by atoms with Crippen LogP contribution in [0.1, 0.15) is 13.3 Å². The molecule has 0 unspecified atom stereocenters. The van der Waals surface area contributed by atoms with Gasteiger partial charge in [-0.25, -0.2) is 8.78 Å². The Balaban J connectivity index is 3.79. The zero-order chi connectivity index (χ0) is 10.7. The third kappa shape index (κ3) is 1.74. The standard InChI is InChI=1S/C12H12F2/c1-4-9(5-2)11-8(3)6-7-10(13)12(11)14/h4,6-7H,1,3,5H2,2H3/b11-9-. The molecule has 0 aliphatic heterocycles. The fourth-order valence-electron chi connectivity index (χ4n) is 1.36. The van der Waals surface area contributed by atoms with Crippen LogP contribution in [-0.2, 0) is 0 Å². The quantitative estimate of drug-likeness (QED) is 0.676. The number of rotatable bonds is 2. The van der Waals surface area contributed by atoms with E-state index in [1.807, 2.05) is 6.92 Å². The molecule has 0 aromatic heterocycles. The van der Waals surface area contributed by atoms with E-state index in [4.69, 9.17) is 0 Å². The first-order valence-corrected chi connectivity index (χ1v) is 4.40. The molecule has 0 radical (unpaired) electrons. The summed E-state index contributed by atoms with van der Waals surface area (Å²) in [6, 6.07) is 2.55. The van der Waals surface area contributed by atoms with E-state index >= 15 is 0 Å². The van der Waals surface area contributed by atoms with Crippen molar-refractivity contribution in [3.63, 3.8) is 0 Å². The van der Waals surface area contributed by atoms with E-state index in [1.54, 1.807) is 0 Å². The van der Waals surface area contributed by atoms with Crippen LogP contribution in [0.25, 0.3) is 12.2 Å². The van der Waals surface area contributed by atoms with E-state index < -0.39 is 11.6 Å². The van der Waals surface area contributed by atoms with Gasteiger partial charge in [-0.05, 0) is 23.3 Å². The highest BCUT2D eigenvalue weighted by Gasteiger charge is 2.05. The van der Waals surface area contributed by atoms with Gasteiger partial charge >= 0.3 is 0 Å². The molecule has 0 spiro atoms. The lowest BCUT2D eigenvalue weighted by atomic mass is 10.1. The Kier molecular flexibility index (Phi) is 3.18. The molecule has 0 nitrogen and oxygen atoms in total. The van der Waals surface area contributed by atoms with Crippen molar-refractivity contribution in [1.29, 1.82) is 0 Å². The summed E-state index contributed by atoms with van der Waals surface area (Å²) < 4.78 is 26.3. The maximum Gasteiger partial charge on any atom is 0.166 e. The SMILES string of the molecule is C=C/C(CC)=c1/c(F)c(F)ccc1=C. The van der Waals surface area contributed by atoms with Crippen molar-refractivity contribution >= 4 is 12.2 Å². The fourth-order valence-corrected chi connectivity index (χ4v) is 1.36. The molecule has 0 saturated heterocycles. The second-order valence-electron chi connectivity index (χ2n) is 2.98. The maximum atomic E-state index is 13.4. The van der Waals surface area contributed by atoms with Crippen LogP contribution in [0.2, 0.25) is 0 Å². The van der Waals surface area contributed by atoms with Crippen LogP contribution in [0.4, 0.5) is 8.78 Å². The highest BCUT2D eigenvalue weighted by atomic mass is 19.2. The number of benzene rings is 1. The first-order chi connectivity index (χ1) is 6.61. The summed E-state index contributed by atoms with van der Waals surface area (Å²) >= 11 is 0. The van der Waals surface area contributed by atoms with Crippen LogP contribution < -0.4 is 10.4 Å². The van der Waals surface area contributed by atoms with Gasteiger partial charge in [-0.3, -0.25) is 0 Å². The minimum atomic E-state index is -0.847. The van der Waals surface area contributed by atoms with Crippen LogP contribution in [0.5, 0.6) is 0 Å². The second-order valence-corrected chi connectivity index (χ2v) is 2.98. The van der Waals surface area contributed by atoms with E-state index in [0.717, 1.165) is 6.07 Å². The highest BCUT2D eigenvalue weighted by molar-refractivity contribution is 5.55. The summed E-state index contributed by atoms with van der Waals surface area (Å²) in [5.74, 6) is -1.69. The van der Waals surface area contributed by atoms with Crippen molar-refractivity contribution in [3.05, 3.63) is 46.9 Å². The number of hydrogen-bond donors (Lipinski definition) is 0. The zero-order valence-corrected chi connectivity index (χ0v) is 8.11. The van der Waals surface area contributed by atoms with E-state index in [1.165, 1.54) is 12.1 Å². The topological polar surface area (TPSA) is 0 Å². The minimum absolute atomic E-state index is 0.238. The van der Waals surface area contributed by atoms with E-state index in [9.17, 15) is 8.78 Å². The van der Waals surface area contributed by atoms with Crippen LogP contribution >= 0.6 is 0 Å². The molecule has 14 heavy (non-hydrogen) atoms. The number of halogens is 2. The molecular weight excluding hydrogens is 182 g/mol. The molecule has 2 heteroatoms. The molecule has 0 heterocycles. The summed E-state index contributed by atoms with van der Waals surface area (Å²) in [7, 11) is 0. The number of hydrogen-bond acceptors (Lipinski definition) is 0. The first kappa shape index (κ1) is 10.6. The molecule has 0 aliphatic rings. The Hall–Kier alpha value is -1.44. The first-order valence-electron chi connectivity index (χ1n) is 4.40. The fraction of sp³-hybridized carbons (Fsp3) is 0.167. The predicted molar refractivity (Wildman–Crippen MR) is 55.0 cm³/mol. The molecule has 0 N–H and O–H groups in total. The van der Waals surface area contributed by atoms with Gasteiger partial charge in [0.1, 0.15) is 0 Å². The summed E-state index contributed by atoms with van der Waals surface area (Å²) in [5.41, 5.74) is 0.673. The Morgan fingerprint density at radius 1 is 1.43 bits per heavy atom. The number of allylic oxidation sites excluding steroid dienone is 1. The van der Waals surface area contributed by atoms with E-state index in [-0.39, 0.29) is 5.22 Å². The van der Waals surface area contributed by atoms with Crippen molar-refractivity contribution in [2.75, 3.05) is 0 Å². The van der Waals surface area contributed by atoms with Crippen molar-refractivity contribution in [2.24, 2.45) is 0 Å². The summed E-state index contributed by atoms with van der Waals surface area (Å²) in [4.78, 5) is 0. The van der Waals surface area contributed by atoms with Gasteiger partial charge in [-0.1, -0.05) is 32.2 Å². The zero-order valence-electron chi connectivity index (χ0n) is 8.11. The van der Waals surface area contributed by atoms with Crippen molar-refractivity contribution in [2.45, 2.75) is 13.3 Å².